The van der Waals surface area contributed by atoms with Crippen LogP contribution in [0.1, 0.15) is 39.2 Å². The Bertz CT molecular complexity index is 1320. The Hall–Kier alpha value is -2.79. The molecule has 0 saturated carbocycles. The second kappa shape index (κ2) is 12.4. The topological polar surface area (TPSA) is 120 Å². The SMILES string of the molecule is CCc1ccc(N(CC(C)C)S(=O)(=O)c2ccc(NCC3CCN(C(=O)OC)CC3)c(S(C)(=N)=O)c2)cc1. The molecule has 1 heterocycles. The average Bonchev–Trinajstić information content (AvgIpc) is 2.89. The van der Waals surface area contributed by atoms with E-state index in [4.69, 9.17) is 9.52 Å². The van der Waals surface area contributed by atoms with E-state index < -0.39 is 19.8 Å². The lowest BCUT2D eigenvalue weighted by molar-refractivity contribution is 0.107. The van der Waals surface area contributed by atoms with E-state index in [0.717, 1.165) is 24.8 Å². The van der Waals surface area contributed by atoms with Gasteiger partial charge >= 0.3 is 6.09 Å². The van der Waals surface area contributed by atoms with Gasteiger partial charge in [0.2, 0.25) is 0 Å². The van der Waals surface area contributed by atoms with E-state index in [1.54, 1.807) is 11.0 Å². The third kappa shape index (κ3) is 7.19. The van der Waals surface area contributed by atoms with Crippen molar-refractivity contribution in [3.8, 4) is 0 Å². The lowest BCUT2D eigenvalue weighted by Crippen LogP contribution is -2.39. The number of aryl methyl sites for hydroxylation is 1. The van der Waals surface area contributed by atoms with Gasteiger partial charge in [-0.2, -0.15) is 0 Å². The normalized spacial score (nSPS) is 16.2. The summed E-state index contributed by atoms with van der Waals surface area (Å²) in [5.41, 5.74) is 2.18. The molecule has 0 spiro atoms. The van der Waals surface area contributed by atoms with Crippen LogP contribution >= 0.6 is 0 Å². The van der Waals surface area contributed by atoms with Gasteiger partial charge in [-0.25, -0.2) is 22.2 Å². The van der Waals surface area contributed by atoms with Crippen molar-refractivity contribution in [2.45, 2.75) is 49.8 Å². The predicted molar refractivity (Wildman–Crippen MR) is 152 cm³/mol. The zero-order valence-corrected chi connectivity index (χ0v) is 24.5. The lowest BCUT2D eigenvalue weighted by Gasteiger charge is -2.31. The van der Waals surface area contributed by atoms with E-state index in [2.05, 4.69) is 5.32 Å². The van der Waals surface area contributed by atoms with Gasteiger partial charge in [0.1, 0.15) is 0 Å². The first kappa shape index (κ1) is 29.8. The minimum atomic E-state index is -3.97. The molecule has 1 amide bonds. The molecule has 1 atom stereocenters. The second-order valence-corrected chi connectivity index (χ2v) is 14.2. The minimum absolute atomic E-state index is 0.00600. The van der Waals surface area contributed by atoms with Gasteiger partial charge in [0.25, 0.3) is 10.0 Å². The summed E-state index contributed by atoms with van der Waals surface area (Å²) < 4.78 is 55.1. The van der Waals surface area contributed by atoms with Gasteiger partial charge in [-0.1, -0.05) is 32.9 Å². The molecule has 210 valence electrons. The van der Waals surface area contributed by atoms with Crippen LogP contribution in [0.2, 0.25) is 0 Å². The summed E-state index contributed by atoms with van der Waals surface area (Å²) in [6.07, 6.45) is 3.39. The van der Waals surface area contributed by atoms with Crippen molar-refractivity contribution >= 4 is 37.2 Å². The zero-order chi connectivity index (χ0) is 28.1. The molecule has 0 radical (unpaired) electrons. The number of amides is 1. The van der Waals surface area contributed by atoms with E-state index in [1.165, 1.54) is 29.8 Å². The van der Waals surface area contributed by atoms with Crippen LogP contribution in [0.3, 0.4) is 0 Å². The molecule has 0 aliphatic carbocycles. The number of rotatable bonds is 10. The predicted octanol–water partition coefficient (Wildman–Crippen LogP) is 5.03. The number of likely N-dealkylation sites (tertiary alicyclic amines) is 1. The molecule has 2 N–H and O–H groups in total. The fraction of sp³-hybridized carbons (Fsp3) is 0.519. The minimum Gasteiger partial charge on any atom is -0.453 e. The van der Waals surface area contributed by atoms with Crippen molar-refractivity contribution in [3.05, 3.63) is 48.0 Å². The molecule has 0 aromatic heterocycles. The van der Waals surface area contributed by atoms with E-state index in [9.17, 15) is 17.4 Å². The van der Waals surface area contributed by atoms with Crippen LogP contribution in [0.15, 0.2) is 52.3 Å². The monoisotopic (exact) mass is 564 g/mol. The van der Waals surface area contributed by atoms with Crippen LogP contribution in [0.5, 0.6) is 0 Å². The van der Waals surface area contributed by atoms with Crippen molar-refractivity contribution in [2.75, 3.05) is 49.2 Å². The highest BCUT2D eigenvalue weighted by Gasteiger charge is 2.28. The lowest BCUT2D eigenvalue weighted by atomic mass is 9.97. The Labute approximate surface area is 227 Å². The molecule has 38 heavy (non-hydrogen) atoms. The zero-order valence-electron chi connectivity index (χ0n) is 22.9. The van der Waals surface area contributed by atoms with Crippen molar-refractivity contribution in [2.24, 2.45) is 11.8 Å². The number of anilines is 2. The molecular formula is C27H40N4O5S2. The fourth-order valence-corrected chi connectivity index (χ4v) is 7.17. The number of sulfonamides is 1. The van der Waals surface area contributed by atoms with Gasteiger partial charge in [-0.15, -0.1) is 0 Å². The van der Waals surface area contributed by atoms with Crippen LogP contribution in [0.25, 0.3) is 0 Å². The van der Waals surface area contributed by atoms with Gasteiger partial charge in [0, 0.05) is 32.4 Å². The summed E-state index contributed by atoms with van der Waals surface area (Å²) in [7, 11) is -5.83. The summed E-state index contributed by atoms with van der Waals surface area (Å²) in [5, 5.41) is 3.29. The van der Waals surface area contributed by atoms with Crippen LogP contribution in [-0.2, 0) is 30.9 Å². The Morgan fingerprint density at radius 3 is 2.29 bits per heavy atom. The van der Waals surface area contributed by atoms with E-state index >= 15 is 0 Å². The molecule has 0 bridgehead atoms. The second-order valence-electron chi connectivity index (χ2n) is 10.2. The average molecular weight is 565 g/mol. The molecule has 11 heteroatoms. The maximum absolute atomic E-state index is 13.8. The number of methoxy groups -OCH3 is 1. The number of nitrogens with one attached hydrogen (secondary N) is 2. The maximum Gasteiger partial charge on any atom is 0.409 e. The van der Waals surface area contributed by atoms with E-state index in [-0.39, 0.29) is 34.3 Å². The Morgan fingerprint density at radius 1 is 1.13 bits per heavy atom. The summed E-state index contributed by atoms with van der Waals surface area (Å²) in [5.74, 6) is 0.353. The first-order valence-corrected chi connectivity index (χ1v) is 16.3. The first-order chi connectivity index (χ1) is 17.9. The first-order valence-electron chi connectivity index (χ1n) is 12.9. The van der Waals surface area contributed by atoms with Gasteiger partial charge in [-0.3, -0.25) is 4.31 Å². The Kier molecular flexibility index (Phi) is 9.69. The van der Waals surface area contributed by atoms with Crippen LogP contribution in [0.4, 0.5) is 16.2 Å². The third-order valence-electron chi connectivity index (χ3n) is 6.75. The molecule has 1 aliphatic heterocycles. The molecule has 1 saturated heterocycles. The van der Waals surface area contributed by atoms with Gasteiger partial charge < -0.3 is 15.0 Å². The van der Waals surface area contributed by atoms with Gasteiger partial charge in [-0.05, 0) is 67.0 Å². The van der Waals surface area contributed by atoms with Crippen LogP contribution in [0, 0.1) is 16.6 Å². The molecule has 1 unspecified atom stereocenters. The molecule has 3 rings (SSSR count). The summed E-state index contributed by atoms with van der Waals surface area (Å²) in [6.45, 7) is 8.00. The number of carbonyl (C=O) groups excluding carboxylic acids is 1. The summed E-state index contributed by atoms with van der Waals surface area (Å²) >= 11 is 0. The van der Waals surface area contributed by atoms with Crippen molar-refractivity contribution in [1.29, 1.82) is 4.78 Å². The highest BCUT2D eigenvalue weighted by molar-refractivity contribution is 7.93. The fourth-order valence-electron chi connectivity index (χ4n) is 4.53. The summed E-state index contributed by atoms with van der Waals surface area (Å²) in [6, 6.07) is 12.0. The number of hydrogen-bond donors (Lipinski definition) is 2. The Morgan fingerprint density at radius 2 is 1.76 bits per heavy atom. The standard InChI is InChI=1S/C27H40N4O5S2/c1-6-21-7-9-23(10-8-21)31(19-20(2)3)38(34,35)24-11-12-25(26(17-24)37(5,28)33)29-18-22-13-15-30(16-14-22)27(32)36-4/h7-12,17,20,22,28-29H,6,13-16,18-19H2,1-5H3. The maximum atomic E-state index is 13.8. The molecule has 1 fully saturated rings. The molecule has 2 aromatic rings. The molecular weight excluding hydrogens is 524 g/mol. The van der Waals surface area contributed by atoms with E-state index in [1.807, 2.05) is 45.0 Å². The molecule has 2 aromatic carbocycles. The number of carbonyl (C=O) groups is 1. The summed E-state index contributed by atoms with van der Waals surface area (Å²) in [4.78, 5) is 13.6. The number of hydrogen-bond acceptors (Lipinski definition) is 7. The van der Waals surface area contributed by atoms with E-state index in [0.29, 0.717) is 31.0 Å². The van der Waals surface area contributed by atoms with Gasteiger partial charge in [0.05, 0.1) is 38.0 Å². The number of ether oxygens (including phenoxy) is 1. The number of benzene rings is 2. The molecule has 9 nitrogen and oxygen atoms in total. The quantitative estimate of drug-likeness (QED) is 0.418. The highest BCUT2D eigenvalue weighted by Crippen LogP contribution is 2.31. The third-order valence-corrected chi connectivity index (χ3v) is 9.72. The van der Waals surface area contributed by atoms with Crippen molar-refractivity contribution < 1.29 is 22.2 Å². The largest absolute Gasteiger partial charge is 0.453 e. The van der Waals surface area contributed by atoms with Crippen LogP contribution < -0.4 is 9.62 Å². The highest BCUT2D eigenvalue weighted by atomic mass is 32.2. The Balaban J connectivity index is 1.87. The smallest absolute Gasteiger partial charge is 0.409 e. The number of nitrogens with zero attached hydrogens (tertiary/aromatic N) is 2. The van der Waals surface area contributed by atoms with Crippen molar-refractivity contribution in [3.63, 3.8) is 0 Å². The number of piperidine rings is 1. The van der Waals surface area contributed by atoms with Crippen molar-refractivity contribution in [1.82, 2.24) is 4.90 Å². The van der Waals surface area contributed by atoms with Crippen LogP contribution in [-0.4, -0.2) is 63.2 Å². The molecule has 1 aliphatic rings. The van der Waals surface area contributed by atoms with Gasteiger partial charge in [0.15, 0.2) is 0 Å².